The largest absolute Gasteiger partial charge is 0.466 e. The molecular formula is C19H27ClF2IN3O3. The Kier molecular flexibility index (Phi) is 11.6. The summed E-state index contributed by atoms with van der Waals surface area (Å²) in [5, 5.41) is 6.83. The van der Waals surface area contributed by atoms with E-state index in [0.717, 1.165) is 25.7 Å². The number of hydrogen-bond donors (Lipinski definition) is 2. The van der Waals surface area contributed by atoms with Crippen molar-refractivity contribution in [1.29, 1.82) is 0 Å². The monoisotopic (exact) mass is 545 g/mol. The van der Waals surface area contributed by atoms with Crippen LogP contribution in [0.15, 0.2) is 23.2 Å². The normalized spacial score (nSPS) is 19.3. The zero-order valence-electron chi connectivity index (χ0n) is 16.4. The zero-order valence-corrected chi connectivity index (χ0v) is 19.5. The highest BCUT2D eigenvalue weighted by Gasteiger charge is 2.27. The van der Waals surface area contributed by atoms with Gasteiger partial charge in [0, 0.05) is 30.2 Å². The van der Waals surface area contributed by atoms with E-state index in [1.165, 1.54) is 12.1 Å². The molecule has 1 aromatic rings. The molecule has 0 heterocycles. The number of benzene rings is 1. The average molecular weight is 546 g/mol. The lowest BCUT2D eigenvalue weighted by Gasteiger charge is -2.29. The van der Waals surface area contributed by atoms with Crippen LogP contribution in [0.2, 0.25) is 5.02 Å². The van der Waals surface area contributed by atoms with E-state index in [9.17, 15) is 13.6 Å². The lowest BCUT2D eigenvalue weighted by Crippen LogP contribution is -2.45. The number of carbonyl (C=O) groups excluding carboxylic acids is 1. The summed E-state index contributed by atoms with van der Waals surface area (Å²) in [6, 6.07) is 4.66. The third kappa shape index (κ3) is 8.49. The summed E-state index contributed by atoms with van der Waals surface area (Å²) in [5.41, 5.74) is 0.502. The molecule has 0 aliphatic heterocycles. The molecule has 1 saturated carbocycles. The van der Waals surface area contributed by atoms with Crippen LogP contribution in [0.1, 0.15) is 38.2 Å². The molecule has 0 aromatic heterocycles. The summed E-state index contributed by atoms with van der Waals surface area (Å²) in [7, 11) is 1.63. The Labute approximate surface area is 191 Å². The Bertz CT molecular complexity index is 687. The SMILES string of the molecule is CCOC(=O)C1CCC(NC(=NC)NCc2cc(Cl)ccc2OC(F)F)CC1.I. The highest BCUT2D eigenvalue weighted by atomic mass is 127. The van der Waals surface area contributed by atoms with E-state index < -0.39 is 6.61 Å². The van der Waals surface area contributed by atoms with Crippen LogP contribution in [0.5, 0.6) is 5.75 Å². The molecular weight excluding hydrogens is 519 g/mol. The number of halogens is 4. The van der Waals surface area contributed by atoms with E-state index in [2.05, 4.69) is 20.4 Å². The number of guanidine groups is 1. The van der Waals surface area contributed by atoms with Crippen molar-refractivity contribution in [3.8, 4) is 5.75 Å². The molecule has 0 radical (unpaired) electrons. The first kappa shape index (κ1) is 25.7. The Morgan fingerprint density at radius 1 is 1.31 bits per heavy atom. The Balaban J connectivity index is 0.00000420. The molecule has 164 valence electrons. The van der Waals surface area contributed by atoms with Crippen molar-refractivity contribution in [3.05, 3.63) is 28.8 Å². The van der Waals surface area contributed by atoms with Gasteiger partial charge in [-0.3, -0.25) is 9.79 Å². The Morgan fingerprint density at radius 3 is 2.59 bits per heavy atom. The van der Waals surface area contributed by atoms with Gasteiger partial charge in [0.2, 0.25) is 0 Å². The Morgan fingerprint density at radius 2 is 2.00 bits per heavy atom. The van der Waals surface area contributed by atoms with Crippen molar-refractivity contribution in [2.45, 2.75) is 51.8 Å². The van der Waals surface area contributed by atoms with Gasteiger partial charge in [0.05, 0.1) is 12.5 Å². The maximum atomic E-state index is 12.6. The first-order chi connectivity index (χ1) is 13.4. The lowest BCUT2D eigenvalue weighted by atomic mass is 9.86. The van der Waals surface area contributed by atoms with E-state index in [4.69, 9.17) is 16.3 Å². The van der Waals surface area contributed by atoms with Crippen LogP contribution >= 0.6 is 35.6 Å². The lowest BCUT2D eigenvalue weighted by molar-refractivity contribution is -0.149. The predicted molar refractivity (Wildman–Crippen MR) is 119 cm³/mol. The second-order valence-corrected chi connectivity index (χ2v) is 6.94. The van der Waals surface area contributed by atoms with Crippen molar-refractivity contribution in [3.63, 3.8) is 0 Å². The fraction of sp³-hybridized carbons (Fsp3) is 0.579. The summed E-state index contributed by atoms with van der Waals surface area (Å²) in [4.78, 5) is 16.0. The average Bonchev–Trinajstić information content (AvgIpc) is 2.67. The van der Waals surface area contributed by atoms with Gasteiger partial charge in [-0.1, -0.05) is 11.6 Å². The van der Waals surface area contributed by atoms with Gasteiger partial charge < -0.3 is 20.1 Å². The van der Waals surface area contributed by atoms with Gasteiger partial charge in [-0.05, 0) is 50.8 Å². The third-order valence-electron chi connectivity index (χ3n) is 4.60. The number of carbonyl (C=O) groups is 1. The van der Waals surface area contributed by atoms with E-state index in [1.807, 2.05) is 0 Å². The third-order valence-corrected chi connectivity index (χ3v) is 4.83. The quantitative estimate of drug-likeness (QED) is 0.231. The van der Waals surface area contributed by atoms with Crippen LogP contribution < -0.4 is 15.4 Å². The van der Waals surface area contributed by atoms with Crippen LogP contribution in [0.3, 0.4) is 0 Å². The number of nitrogens with zero attached hydrogens (tertiary/aromatic N) is 1. The maximum Gasteiger partial charge on any atom is 0.387 e. The second kappa shape index (κ2) is 13.0. The van der Waals surface area contributed by atoms with Crippen molar-refractivity contribution < 1.29 is 23.0 Å². The first-order valence-electron chi connectivity index (χ1n) is 9.30. The number of aliphatic imine (C=N–C) groups is 1. The molecule has 2 N–H and O–H groups in total. The maximum absolute atomic E-state index is 12.6. The summed E-state index contributed by atoms with van der Waals surface area (Å²) in [6.45, 7) is -0.486. The van der Waals surface area contributed by atoms with Crippen molar-refractivity contribution >= 4 is 47.5 Å². The summed E-state index contributed by atoms with van der Waals surface area (Å²) >= 11 is 5.97. The standard InChI is InChI=1S/C19H26ClF2N3O3.HI/c1-3-27-17(26)12-4-7-15(8-5-12)25-19(23-2)24-11-13-10-14(20)6-9-16(13)28-18(21)22;/h6,9-10,12,15,18H,3-5,7-8,11H2,1-2H3,(H2,23,24,25);1H. The van der Waals surface area contributed by atoms with Crippen LogP contribution in [-0.4, -0.2) is 38.2 Å². The smallest absolute Gasteiger partial charge is 0.387 e. The van der Waals surface area contributed by atoms with Gasteiger partial charge in [0.25, 0.3) is 0 Å². The van der Waals surface area contributed by atoms with Gasteiger partial charge >= 0.3 is 12.6 Å². The first-order valence-corrected chi connectivity index (χ1v) is 9.67. The van der Waals surface area contributed by atoms with Gasteiger partial charge in [-0.15, -0.1) is 24.0 Å². The van der Waals surface area contributed by atoms with E-state index >= 15 is 0 Å². The zero-order chi connectivity index (χ0) is 20.5. The van der Waals surface area contributed by atoms with Crippen LogP contribution in [0, 0.1) is 5.92 Å². The minimum atomic E-state index is -2.91. The number of ether oxygens (including phenoxy) is 2. The number of nitrogens with one attached hydrogen (secondary N) is 2. The molecule has 0 unspecified atom stereocenters. The van der Waals surface area contributed by atoms with Gasteiger partial charge in [-0.25, -0.2) is 0 Å². The number of esters is 1. The van der Waals surface area contributed by atoms with Crippen LogP contribution in [0.25, 0.3) is 0 Å². The van der Waals surface area contributed by atoms with Crippen molar-refractivity contribution in [2.24, 2.45) is 10.9 Å². The molecule has 2 rings (SSSR count). The van der Waals surface area contributed by atoms with Crippen molar-refractivity contribution in [2.75, 3.05) is 13.7 Å². The number of rotatable bonds is 7. The second-order valence-electron chi connectivity index (χ2n) is 6.50. The topological polar surface area (TPSA) is 72.0 Å². The molecule has 1 aromatic carbocycles. The van der Waals surface area contributed by atoms with Gasteiger partial charge in [0.1, 0.15) is 5.75 Å². The van der Waals surface area contributed by atoms with Gasteiger partial charge in [-0.2, -0.15) is 8.78 Å². The molecule has 0 amide bonds. The van der Waals surface area contributed by atoms with Crippen LogP contribution in [-0.2, 0) is 16.1 Å². The molecule has 6 nitrogen and oxygen atoms in total. The highest BCUT2D eigenvalue weighted by molar-refractivity contribution is 14.0. The Hall–Kier alpha value is -1.36. The fourth-order valence-electron chi connectivity index (χ4n) is 3.20. The minimum Gasteiger partial charge on any atom is -0.466 e. The molecule has 10 heteroatoms. The molecule has 29 heavy (non-hydrogen) atoms. The molecule has 0 saturated heterocycles. The van der Waals surface area contributed by atoms with E-state index in [1.54, 1.807) is 20.0 Å². The molecule has 0 spiro atoms. The highest BCUT2D eigenvalue weighted by Crippen LogP contribution is 2.26. The number of alkyl halides is 2. The molecule has 1 aliphatic carbocycles. The molecule has 0 atom stereocenters. The minimum absolute atomic E-state index is 0. The predicted octanol–water partition coefficient (Wildman–Crippen LogP) is 4.35. The van der Waals surface area contributed by atoms with E-state index in [0.29, 0.717) is 23.2 Å². The summed E-state index contributed by atoms with van der Waals surface area (Å²) in [6.07, 6.45) is 3.16. The number of hydrogen-bond acceptors (Lipinski definition) is 4. The van der Waals surface area contributed by atoms with Crippen molar-refractivity contribution in [1.82, 2.24) is 10.6 Å². The van der Waals surface area contributed by atoms with Crippen LogP contribution in [0.4, 0.5) is 8.78 Å². The molecule has 1 aliphatic rings. The summed E-state index contributed by atoms with van der Waals surface area (Å²) < 4.78 is 34.8. The molecule has 0 bridgehead atoms. The molecule has 1 fully saturated rings. The van der Waals surface area contributed by atoms with E-state index in [-0.39, 0.29) is 54.2 Å². The fourth-order valence-corrected chi connectivity index (χ4v) is 3.39. The van der Waals surface area contributed by atoms with Gasteiger partial charge in [0.15, 0.2) is 5.96 Å². The summed E-state index contributed by atoms with van der Waals surface area (Å²) in [5.74, 6) is 0.435.